The topological polar surface area (TPSA) is 93.1 Å². The van der Waals surface area contributed by atoms with Crippen LogP contribution in [0.2, 0.25) is 0 Å². The monoisotopic (exact) mass is 374 g/mol. The number of benzene rings is 2. The van der Waals surface area contributed by atoms with Gasteiger partial charge in [-0.15, -0.1) is 0 Å². The molecule has 0 bridgehead atoms. The number of nitrogens with two attached hydrogens (primary N) is 1. The molecule has 0 saturated heterocycles. The molecular weight excluding hydrogens is 356 g/mol. The fourth-order valence-corrected chi connectivity index (χ4v) is 4.10. The number of para-hydroxylation sites is 1. The van der Waals surface area contributed by atoms with Crippen LogP contribution < -0.4 is 20.2 Å². The van der Waals surface area contributed by atoms with E-state index >= 15 is 0 Å². The van der Waals surface area contributed by atoms with Gasteiger partial charge in [-0.05, 0) is 36.8 Å². The fourth-order valence-electron chi connectivity index (χ4n) is 4.10. The molecule has 0 saturated carbocycles. The van der Waals surface area contributed by atoms with Crippen LogP contribution in [0.15, 0.2) is 65.1 Å². The van der Waals surface area contributed by atoms with Gasteiger partial charge in [0.15, 0.2) is 11.5 Å². The summed E-state index contributed by atoms with van der Waals surface area (Å²) in [6, 6.07) is 17.8. The molecule has 3 atom stereocenters. The van der Waals surface area contributed by atoms with E-state index in [2.05, 4.69) is 6.07 Å². The Morgan fingerprint density at radius 2 is 1.93 bits per heavy atom. The highest BCUT2D eigenvalue weighted by Gasteiger charge is 2.49. The van der Waals surface area contributed by atoms with Crippen LogP contribution in [0.25, 0.3) is 0 Å². The first kappa shape index (κ1) is 16.5. The number of hydrogen-bond acceptors (Lipinski definition) is 7. The van der Waals surface area contributed by atoms with Crippen molar-refractivity contribution in [3.8, 4) is 17.6 Å². The number of nitrogens with zero attached hydrogens (tertiary/aromatic N) is 3. The Bertz CT molecular complexity index is 1040. The van der Waals surface area contributed by atoms with Gasteiger partial charge < -0.3 is 19.9 Å². The normalized spacial score (nSPS) is 25.1. The molecule has 0 amide bonds. The summed E-state index contributed by atoms with van der Waals surface area (Å²) in [6.07, 6.45) is -0.421. The van der Waals surface area contributed by atoms with E-state index in [1.54, 1.807) is 0 Å². The predicted molar refractivity (Wildman–Crippen MR) is 103 cm³/mol. The van der Waals surface area contributed by atoms with Crippen LogP contribution in [0, 0.1) is 17.2 Å². The Morgan fingerprint density at radius 3 is 2.71 bits per heavy atom. The molecule has 5 rings (SSSR count). The van der Waals surface area contributed by atoms with Crippen molar-refractivity contribution in [3.63, 3.8) is 0 Å². The van der Waals surface area contributed by atoms with Crippen molar-refractivity contribution >= 4 is 11.4 Å². The van der Waals surface area contributed by atoms with E-state index in [0.29, 0.717) is 17.1 Å². The Kier molecular flexibility index (Phi) is 3.66. The van der Waals surface area contributed by atoms with Gasteiger partial charge in [0.2, 0.25) is 18.9 Å². The summed E-state index contributed by atoms with van der Waals surface area (Å²) in [6.45, 7) is 2.16. The zero-order chi connectivity index (χ0) is 19.3. The Morgan fingerprint density at radius 1 is 1.14 bits per heavy atom. The zero-order valence-corrected chi connectivity index (χ0v) is 15.2. The van der Waals surface area contributed by atoms with Crippen molar-refractivity contribution in [1.29, 1.82) is 5.26 Å². The standard InChI is InChI=1S/C21H18N4O3/c1-12-18-19(13-7-8-16-17(9-13)27-11-26-16)15(10-22)20(23)28-21(18)25(24-12)14-5-3-2-4-6-14/h2-9,18-19,21H,11,23H2,1H3/t18-,19+,21-/m0/s1. The smallest absolute Gasteiger partial charge is 0.231 e. The van der Waals surface area contributed by atoms with Gasteiger partial charge in [0.1, 0.15) is 6.07 Å². The molecule has 2 aromatic rings. The molecule has 0 aliphatic carbocycles. The lowest BCUT2D eigenvalue weighted by atomic mass is 9.76. The highest BCUT2D eigenvalue weighted by atomic mass is 16.7. The second kappa shape index (κ2) is 6.20. The number of nitriles is 1. The third-order valence-electron chi connectivity index (χ3n) is 5.38. The number of ether oxygens (including phenoxy) is 3. The van der Waals surface area contributed by atoms with Crippen LogP contribution in [0.4, 0.5) is 5.69 Å². The molecule has 0 fully saturated rings. The first-order valence-corrected chi connectivity index (χ1v) is 9.02. The largest absolute Gasteiger partial charge is 0.454 e. The summed E-state index contributed by atoms with van der Waals surface area (Å²) in [5.41, 5.74) is 9.30. The molecule has 140 valence electrons. The van der Waals surface area contributed by atoms with Gasteiger partial charge in [0.25, 0.3) is 0 Å². The molecule has 0 spiro atoms. The van der Waals surface area contributed by atoms with Crippen molar-refractivity contribution in [1.82, 2.24) is 0 Å². The maximum Gasteiger partial charge on any atom is 0.231 e. The van der Waals surface area contributed by atoms with E-state index in [9.17, 15) is 5.26 Å². The Hall–Kier alpha value is -3.66. The lowest BCUT2D eigenvalue weighted by Crippen LogP contribution is -2.43. The van der Waals surface area contributed by atoms with Gasteiger partial charge >= 0.3 is 0 Å². The van der Waals surface area contributed by atoms with Crippen LogP contribution in [0.1, 0.15) is 18.4 Å². The van der Waals surface area contributed by atoms with Crippen molar-refractivity contribution in [2.75, 3.05) is 11.8 Å². The van der Waals surface area contributed by atoms with E-state index in [0.717, 1.165) is 17.0 Å². The minimum Gasteiger partial charge on any atom is -0.454 e. The number of hydrazone groups is 1. The first-order valence-electron chi connectivity index (χ1n) is 9.02. The van der Waals surface area contributed by atoms with Crippen molar-refractivity contribution in [3.05, 3.63) is 65.6 Å². The van der Waals surface area contributed by atoms with Gasteiger partial charge in [-0.2, -0.15) is 10.4 Å². The molecule has 2 N–H and O–H groups in total. The second-order valence-electron chi connectivity index (χ2n) is 6.94. The molecular formula is C21H18N4O3. The van der Waals surface area contributed by atoms with Crippen LogP contribution in [0.3, 0.4) is 0 Å². The summed E-state index contributed by atoms with van der Waals surface area (Å²) >= 11 is 0. The third kappa shape index (κ3) is 2.38. The summed E-state index contributed by atoms with van der Waals surface area (Å²) in [5.74, 6) is 1.07. The molecule has 3 aliphatic rings. The lowest BCUT2D eigenvalue weighted by Gasteiger charge is -2.37. The average molecular weight is 374 g/mol. The molecule has 0 unspecified atom stereocenters. The zero-order valence-electron chi connectivity index (χ0n) is 15.2. The van der Waals surface area contributed by atoms with Crippen molar-refractivity contribution < 1.29 is 14.2 Å². The predicted octanol–water partition coefficient (Wildman–Crippen LogP) is 3.06. The maximum absolute atomic E-state index is 9.80. The summed E-state index contributed by atoms with van der Waals surface area (Å²) in [7, 11) is 0. The fraction of sp³-hybridized carbons (Fsp3) is 0.238. The van der Waals surface area contributed by atoms with E-state index in [-0.39, 0.29) is 24.5 Å². The molecule has 28 heavy (non-hydrogen) atoms. The lowest BCUT2D eigenvalue weighted by molar-refractivity contribution is 0.0662. The molecule has 7 nitrogen and oxygen atoms in total. The Balaban J connectivity index is 1.61. The highest BCUT2D eigenvalue weighted by Crippen LogP contribution is 2.47. The quantitative estimate of drug-likeness (QED) is 0.868. The Labute approximate surface area is 162 Å². The van der Waals surface area contributed by atoms with Crippen LogP contribution >= 0.6 is 0 Å². The van der Waals surface area contributed by atoms with E-state index in [1.165, 1.54) is 0 Å². The second-order valence-corrected chi connectivity index (χ2v) is 6.94. The number of rotatable bonds is 2. The van der Waals surface area contributed by atoms with Gasteiger partial charge in [-0.1, -0.05) is 24.3 Å². The number of allylic oxidation sites excluding steroid dienone is 1. The first-order chi connectivity index (χ1) is 13.7. The summed E-state index contributed by atoms with van der Waals surface area (Å²) in [4.78, 5) is 0. The number of hydrogen-bond donors (Lipinski definition) is 1. The highest BCUT2D eigenvalue weighted by molar-refractivity contribution is 5.90. The van der Waals surface area contributed by atoms with Gasteiger partial charge in [0, 0.05) is 11.6 Å². The van der Waals surface area contributed by atoms with E-state index in [1.807, 2.05) is 60.5 Å². The van der Waals surface area contributed by atoms with Crippen LogP contribution in [-0.2, 0) is 4.74 Å². The van der Waals surface area contributed by atoms with Crippen LogP contribution in [0.5, 0.6) is 11.5 Å². The van der Waals surface area contributed by atoms with Gasteiger partial charge in [-0.25, -0.2) is 5.01 Å². The van der Waals surface area contributed by atoms with Crippen LogP contribution in [-0.4, -0.2) is 18.7 Å². The SMILES string of the molecule is CC1=NN(c2ccccc2)[C@H]2OC(N)=C(C#N)[C@@H](c3ccc4c(c3)OCO4)[C@H]12. The minimum absolute atomic E-state index is 0.136. The molecule has 2 aromatic carbocycles. The maximum atomic E-state index is 9.80. The summed E-state index contributed by atoms with van der Waals surface area (Å²) in [5, 5.41) is 16.4. The third-order valence-corrected chi connectivity index (χ3v) is 5.38. The summed E-state index contributed by atoms with van der Waals surface area (Å²) < 4.78 is 16.9. The van der Waals surface area contributed by atoms with Crippen molar-refractivity contribution in [2.24, 2.45) is 16.8 Å². The molecule has 0 aromatic heterocycles. The van der Waals surface area contributed by atoms with Crippen molar-refractivity contribution in [2.45, 2.75) is 19.1 Å². The molecule has 0 radical (unpaired) electrons. The van der Waals surface area contributed by atoms with E-state index in [4.69, 9.17) is 25.0 Å². The molecule has 3 heterocycles. The van der Waals surface area contributed by atoms with Gasteiger partial charge in [0.05, 0.1) is 17.2 Å². The number of anilines is 1. The molecule has 7 heteroatoms. The van der Waals surface area contributed by atoms with E-state index < -0.39 is 6.23 Å². The number of fused-ring (bicyclic) bond motifs is 2. The van der Waals surface area contributed by atoms with Gasteiger partial charge in [-0.3, -0.25) is 0 Å². The average Bonchev–Trinajstić information content (AvgIpc) is 3.31. The minimum atomic E-state index is -0.421. The molecule has 3 aliphatic heterocycles.